The summed E-state index contributed by atoms with van der Waals surface area (Å²) in [5.74, 6) is -0.614. The van der Waals surface area contributed by atoms with E-state index in [1.165, 1.54) is 22.7 Å². The van der Waals surface area contributed by atoms with Gasteiger partial charge in [0.15, 0.2) is 0 Å². The number of nitrogens with zero attached hydrogens (tertiary/aromatic N) is 1. The van der Waals surface area contributed by atoms with Gasteiger partial charge in [-0.1, -0.05) is 18.2 Å². The summed E-state index contributed by atoms with van der Waals surface area (Å²) < 4.78 is 5.24. The van der Waals surface area contributed by atoms with Gasteiger partial charge >= 0.3 is 5.97 Å². The number of carbonyl (C=O) groups is 3. The number of thiophene rings is 2. The van der Waals surface area contributed by atoms with Crippen LogP contribution in [0.4, 0.5) is 5.00 Å². The largest absolute Gasteiger partial charge is 0.462 e. The standard InChI is InChI=1S/C23H22N2O4S2/c1-2-29-23(28)20-17(18-8-5-11-30-18)14-31-22(20)24-21(27)16-7-3-6-15(12-16)13-25-10-4-9-19(25)26/h3,5-8,11-12,14H,2,4,9-10,13H2,1H3,(H,24,27). The molecule has 3 heterocycles. The molecule has 160 valence electrons. The van der Waals surface area contributed by atoms with Gasteiger partial charge in [0.2, 0.25) is 5.91 Å². The van der Waals surface area contributed by atoms with Crippen molar-refractivity contribution in [2.45, 2.75) is 26.3 Å². The smallest absolute Gasteiger partial charge is 0.341 e. The number of ether oxygens (including phenoxy) is 1. The molecule has 6 nitrogen and oxygen atoms in total. The van der Waals surface area contributed by atoms with Crippen molar-refractivity contribution in [1.29, 1.82) is 0 Å². The van der Waals surface area contributed by atoms with E-state index in [1.807, 2.05) is 39.9 Å². The molecule has 2 aromatic heterocycles. The van der Waals surface area contributed by atoms with E-state index in [0.717, 1.165) is 29.0 Å². The first kappa shape index (κ1) is 21.3. The second kappa shape index (κ2) is 9.45. The van der Waals surface area contributed by atoms with Crippen LogP contribution in [0.1, 0.15) is 46.0 Å². The van der Waals surface area contributed by atoms with E-state index in [-0.39, 0.29) is 18.4 Å². The molecular formula is C23H22N2O4S2. The predicted octanol–water partition coefficient (Wildman–Crippen LogP) is 5.03. The monoisotopic (exact) mass is 454 g/mol. The zero-order valence-corrected chi connectivity index (χ0v) is 18.7. The van der Waals surface area contributed by atoms with Crippen molar-refractivity contribution in [3.05, 3.63) is 63.8 Å². The highest BCUT2D eigenvalue weighted by Gasteiger charge is 2.24. The minimum atomic E-state index is -0.455. The molecule has 2 amide bonds. The Balaban J connectivity index is 1.56. The first-order valence-electron chi connectivity index (χ1n) is 10.1. The number of hydrogen-bond donors (Lipinski definition) is 1. The minimum absolute atomic E-state index is 0.147. The second-order valence-corrected chi connectivity index (χ2v) is 8.95. The van der Waals surface area contributed by atoms with E-state index < -0.39 is 5.97 Å². The molecule has 1 aromatic carbocycles. The van der Waals surface area contributed by atoms with Crippen LogP contribution in [0.3, 0.4) is 0 Å². The summed E-state index contributed by atoms with van der Waals surface area (Å²) >= 11 is 2.83. The molecule has 3 aromatic rings. The molecule has 1 fully saturated rings. The highest BCUT2D eigenvalue weighted by Crippen LogP contribution is 2.38. The Bertz CT molecular complexity index is 1100. The van der Waals surface area contributed by atoms with Crippen molar-refractivity contribution in [2.24, 2.45) is 0 Å². The van der Waals surface area contributed by atoms with Crippen LogP contribution in [0, 0.1) is 0 Å². The van der Waals surface area contributed by atoms with Gasteiger partial charge in [0.1, 0.15) is 10.6 Å². The van der Waals surface area contributed by atoms with Gasteiger partial charge in [-0.3, -0.25) is 9.59 Å². The lowest BCUT2D eigenvalue weighted by molar-refractivity contribution is -0.128. The quantitative estimate of drug-likeness (QED) is 0.508. The predicted molar refractivity (Wildman–Crippen MR) is 123 cm³/mol. The van der Waals surface area contributed by atoms with E-state index in [2.05, 4.69) is 5.32 Å². The summed E-state index contributed by atoms with van der Waals surface area (Å²) in [5.41, 5.74) is 2.51. The fraction of sp³-hybridized carbons (Fsp3) is 0.261. The first-order valence-corrected chi connectivity index (χ1v) is 11.8. The third-order valence-corrected chi connectivity index (χ3v) is 6.82. The van der Waals surface area contributed by atoms with Gasteiger partial charge in [-0.15, -0.1) is 22.7 Å². The SMILES string of the molecule is CCOC(=O)c1c(-c2cccs2)csc1NC(=O)c1cccc(CN2CCCC2=O)c1. The molecule has 0 saturated carbocycles. The number of likely N-dealkylation sites (tertiary alicyclic amines) is 1. The topological polar surface area (TPSA) is 75.7 Å². The van der Waals surface area contributed by atoms with E-state index in [9.17, 15) is 14.4 Å². The highest BCUT2D eigenvalue weighted by atomic mass is 32.1. The minimum Gasteiger partial charge on any atom is -0.462 e. The Morgan fingerprint density at radius 3 is 2.77 bits per heavy atom. The molecule has 1 N–H and O–H groups in total. The summed E-state index contributed by atoms with van der Waals surface area (Å²) in [6, 6.07) is 11.1. The highest BCUT2D eigenvalue weighted by molar-refractivity contribution is 7.17. The van der Waals surface area contributed by atoms with Gasteiger partial charge in [-0.05, 0) is 42.5 Å². The van der Waals surface area contributed by atoms with Crippen molar-refractivity contribution in [1.82, 2.24) is 4.90 Å². The van der Waals surface area contributed by atoms with Crippen molar-refractivity contribution in [3.63, 3.8) is 0 Å². The summed E-state index contributed by atoms with van der Waals surface area (Å²) in [4.78, 5) is 40.2. The van der Waals surface area contributed by atoms with E-state index in [1.54, 1.807) is 19.1 Å². The van der Waals surface area contributed by atoms with Crippen molar-refractivity contribution in [3.8, 4) is 10.4 Å². The van der Waals surface area contributed by atoms with Crippen LogP contribution < -0.4 is 5.32 Å². The molecule has 8 heteroatoms. The Morgan fingerprint density at radius 2 is 2.06 bits per heavy atom. The third kappa shape index (κ3) is 4.70. The lowest BCUT2D eigenvalue weighted by Gasteiger charge is -2.16. The first-order chi connectivity index (χ1) is 15.1. The van der Waals surface area contributed by atoms with Crippen LogP contribution in [0.5, 0.6) is 0 Å². The average molecular weight is 455 g/mol. The second-order valence-electron chi connectivity index (χ2n) is 7.12. The zero-order chi connectivity index (χ0) is 21.8. The Hall–Kier alpha value is -2.97. The van der Waals surface area contributed by atoms with E-state index >= 15 is 0 Å². The van der Waals surface area contributed by atoms with Crippen molar-refractivity contribution >= 4 is 45.5 Å². The van der Waals surface area contributed by atoms with Gasteiger partial charge in [0, 0.05) is 40.9 Å². The molecule has 0 spiro atoms. The number of anilines is 1. The number of benzene rings is 1. The number of carbonyl (C=O) groups excluding carboxylic acids is 3. The average Bonchev–Trinajstić information content (AvgIpc) is 3.50. The Morgan fingerprint density at radius 1 is 1.19 bits per heavy atom. The van der Waals surface area contributed by atoms with Crippen molar-refractivity contribution < 1.29 is 19.1 Å². The van der Waals surface area contributed by atoms with E-state index in [4.69, 9.17) is 4.74 Å². The molecule has 1 aliphatic rings. The zero-order valence-electron chi connectivity index (χ0n) is 17.1. The number of amides is 2. The van der Waals surface area contributed by atoms with Gasteiger partial charge in [-0.2, -0.15) is 0 Å². The summed E-state index contributed by atoms with van der Waals surface area (Å²) in [5, 5.41) is 7.15. The normalized spacial score (nSPS) is 13.5. The van der Waals surface area contributed by atoms with Crippen LogP contribution in [-0.4, -0.2) is 35.8 Å². The molecule has 0 aliphatic carbocycles. The van der Waals surface area contributed by atoms with Crippen LogP contribution in [-0.2, 0) is 16.1 Å². The van der Waals surface area contributed by atoms with Crippen LogP contribution >= 0.6 is 22.7 Å². The lowest BCUT2D eigenvalue weighted by Crippen LogP contribution is -2.24. The van der Waals surface area contributed by atoms with Gasteiger partial charge < -0.3 is 15.0 Å². The number of esters is 1. The summed E-state index contributed by atoms with van der Waals surface area (Å²) in [7, 11) is 0. The number of rotatable bonds is 7. The third-order valence-electron chi connectivity index (χ3n) is 5.02. The Labute approximate surface area is 188 Å². The van der Waals surface area contributed by atoms with Crippen molar-refractivity contribution in [2.75, 3.05) is 18.5 Å². The van der Waals surface area contributed by atoms with Gasteiger partial charge in [-0.25, -0.2) is 4.79 Å². The summed E-state index contributed by atoms with van der Waals surface area (Å²) in [6.45, 7) is 3.25. The van der Waals surface area contributed by atoms with Crippen LogP contribution in [0.25, 0.3) is 10.4 Å². The van der Waals surface area contributed by atoms with Crippen LogP contribution in [0.15, 0.2) is 47.2 Å². The maximum Gasteiger partial charge on any atom is 0.341 e. The molecular weight excluding hydrogens is 432 g/mol. The fourth-order valence-corrected chi connectivity index (χ4v) is 5.31. The fourth-order valence-electron chi connectivity index (χ4n) is 3.55. The van der Waals surface area contributed by atoms with Gasteiger partial charge in [0.25, 0.3) is 5.91 Å². The molecule has 0 atom stereocenters. The molecule has 0 unspecified atom stereocenters. The van der Waals surface area contributed by atoms with Crippen LogP contribution in [0.2, 0.25) is 0 Å². The lowest BCUT2D eigenvalue weighted by atomic mass is 10.1. The molecule has 31 heavy (non-hydrogen) atoms. The number of nitrogens with one attached hydrogen (secondary N) is 1. The maximum atomic E-state index is 13.0. The Kier molecular flexibility index (Phi) is 6.48. The molecule has 1 saturated heterocycles. The van der Waals surface area contributed by atoms with Gasteiger partial charge in [0.05, 0.1) is 6.61 Å². The summed E-state index contributed by atoms with van der Waals surface area (Å²) in [6.07, 6.45) is 1.46. The van der Waals surface area contributed by atoms with E-state index in [0.29, 0.717) is 29.1 Å². The number of hydrogen-bond acceptors (Lipinski definition) is 6. The maximum absolute atomic E-state index is 13.0. The molecule has 0 radical (unpaired) electrons. The molecule has 0 bridgehead atoms. The molecule has 1 aliphatic heterocycles. The molecule has 4 rings (SSSR count).